The van der Waals surface area contributed by atoms with Gasteiger partial charge in [0.15, 0.2) is 0 Å². The summed E-state index contributed by atoms with van der Waals surface area (Å²) in [4.78, 5) is 6.48. The fourth-order valence-corrected chi connectivity index (χ4v) is 3.69. The molecule has 3 atom stereocenters. The summed E-state index contributed by atoms with van der Waals surface area (Å²) in [5.74, 6) is 0.715. The minimum absolute atomic E-state index is 0.102. The lowest BCUT2D eigenvalue weighted by atomic mass is 9.64. The Morgan fingerprint density at radius 3 is 2.63 bits per heavy atom. The highest BCUT2D eigenvalue weighted by molar-refractivity contribution is 6.64. The van der Waals surface area contributed by atoms with Crippen LogP contribution in [0.15, 0.2) is 4.99 Å². The van der Waals surface area contributed by atoms with Crippen LogP contribution in [0.1, 0.15) is 46.5 Å². The van der Waals surface area contributed by atoms with Gasteiger partial charge in [-0.05, 0) is 37.3 Å². The maximum Gasteiger partial charge on any atom is 0.216 e. The van der Waals surface area contributed by atoms with Crippen molar-refractivity contribution in [2.75, 3.05) is 6.67 Å². The maximum atomic E-state index is 13.1. The molecule has 1 aliphatic heterocycles. The first-order valence-electron chi connectivity index (χ1n) is 7.10. The Bertz CT molecular complexity index is 392. The van der Waals surface area contributed by atoms with E-state index < -0.39 is 0 Å². The largest absolute Gasteiger partial charge is 0.353 e. The molecule has 0 aromatic heterocycles. The normalized spacial score (nSPS) is 35.5. The van der Waals surface area contributed by atoms with Gasteiger partial charge in [-0.3, -0.25) is 9.80 Å². The fraction of sp³-hybridized carbons (Fsp3) is 0.857. The van der Waals surface area contributed by atoms with E-state index in [9.17, 15) is 4.39 Å². The van der Waals surface area contributed by atoms with E-state index in [1.54, 1.807) is 0 Å². The van der Waals surface area contributed by atoms with Crippen LogP contribution in [-0.2, 0) is 0 Å². The number of hydrogen-bond donors (Lipinski definition) is 1. The summed E-state index contributed by atoms with van der Waals surface area (Å²) in [6.45, 7) is 5.73. The van der Waals surface area contributed by atoms with E-state index in [2.05, 4.69) is 16.8 Å². The number of alkyl halides is 1. The van der Waals surface area contributed by atoms with Crippen molar-refractivity contribution in [2.45, 2.75) is 58.5 Å². The summed E-state index contributed by atoms with van der Waals surface area (Å²) >= 11 is 5.66. The van der Waals surface area contributed by atoms with Crippen molar-refractivity contribution >= 4 is 22.7 Å². The number of rotatable bonds is 3. The van der Waals surface area contributed by atoms with Gasteiger partial charge in [0.2, 0.25) is 5.29 Å². The topological polar surface area (TPSA) is 39.5 Å². The van der Waals surface area contributed by atoms with Crippen molar-refractivity contribution in [2.24, 2.45) is 16.3 Å². The van der Waals surface area contributed by atoms with Gasteiger partial charge in [-0.15, -0.1) is 0 Å². The van der Waals surface area contributed by atoms with Crippen LogP contribution >= 0.6 is 11.6 Å². The van der Waals surface area contributed by atoms with Gasteiger partial charge in [0.05, 0.1) is 12.1 Å². The fourth-order valence-electron chi connectivity index (χ4n) is 3.61. The average Bonchev–Trinajstić information content (AvgIpc) is 2.89. The lowest BCUT2D eigenvalue weighted by Gasteiger charge is -2.61. The molecular weight excluding hydrogens is 265 g/mol. The van der Waals surface area contributed by atoms with E-state index in [4.69, 9.17) is 17.0 Å². The minimum atomic E-state index is -0.367. The third-order valence-corrected chi connectivity index (χ3v) is 5.27. The summed E-state index contributed by atoms with van der Waals surface area (Å²) in [6.07, 6.45) is 4.82. The van der Waals surface area contributed by atoms with Crippen molar-refractivity contribution in [3.05, 3.63) is 0 Å². The molecular formula is C14H23ClFN3. The summed E-state index contributed by atoms with van der Waals surface area (Å²) in [7, 11) is 0. The molecule has 2 aliphatic rings. The smallest absolute Gasteiger partial charge is 0.216 e. The molecule has 19 heavy (non-hydrogen) atoms. The van der Waals surface area contributed by atoms with Crippen LogP contribution in [0.2, 0.25) is 0 Å². The van der Waals surface area contributed by atoms with Crippen molar-refractivity contribution in [3.8, 4) is 0 Å². The van der Waals surface area contributed by atoms with Gasteiger partial charge in [0, 0.05) is 12.1 Å². The van der Waals surface area contributed by atoms with Crippen LogP contribution in [0, 0.1) is 16.7 Å². The van der Waals surface area contributed by atoms with E-state index in [1.165, 1.54) is 25.7 Å². The molecule has 1 unspecified atom stereocenters. The van der Waals surface area contributed by atoms with Gasteiger partial charge >= 0.3 is 0 Å². The molecule has 0 aromatic carbocycles. The van der Waals surface area contributed by atoms with E-state index in [-0.39, 0.29) is 29.3 Å². The van der Waals surface area contributed by atoms with E-state index in [0.717, 1.165) is 5.84 Å². The molecule has 0 radical (unpaired) electrons. The first-order valence-corrected chi connectivity index (χ1v) is 7.48. The molecule has 0 aromatic rings. The second-order valence-electron chi connectivity index (χ2n) is 6.09. The Hall–Kier alpha value is -0.640. The minimum Gasteiger partial charge on any atom is -0.353 e. The lowest BCUT2D eigenvalue weighted by Crippen LogP contribution is -2.71. The number of amidine groups is 2. The maximum absolute atomic E-state index is 13.1. The van der Waals surface area contributed by atoms with Gasteiger partial charge in [-0.2, -0.15) is 0 Å². The molecule has 5 heteroatoms. The predicted octanol–water partition coefficient (Wildman–Crippen LogP) is 3.82. The Kier molecular flexibility index (Phi) is 4.19. The second-order valence-corrected chi connectivity index (χ2v) is 6.44. The molecule has 1 saturated carbocycles. The third-order valence-electron chi connectivity index (χ3n) is 5.19. The molecule has 2 rings (SSSR count). The van der Waals surface area contributed by atoms with E-state index >= 15 is 0 Å². The van der Waals surface area contributed by atoms with Crippen LogP contribution in [0.25, 0.3) is 0 Å². The van der Waals surface area contributed by atoms with Crippen molar-refractivity contribution < 1.29 is 4.39 Å². The van der Waals surface area contributed by atoms with Gasteiger partial charge in [0.1, 0.15) is 5.84 Å². The highest BCUT2D eigenvalue weighted by atomic mass is 35.5. The second kappa shape index (κ2) is 5.39. The first kappa shape index (κ1) is 14.8. The molecule has 0 amide bonds. The van der Waals surface area contributed by atoms with Crippen LogP contribution in [0.3, 0.4) is 0 Å². The standard InChI is InChI=1S/C14H23ClFN3/c1-9(8-16)14(3)10(2)19(11-6-4-5-7-11)12(14)18-13(15)17/h9-11,17H,4-8H2,1-3H3/b17-13?,18-12+/t9-,10?,14-/m0/s1. The average molecular weight is 288 g/mol. The molecule has 2 fully saturated rings. The summed E-state index contributed by atoms with van der Waals surface area (Å²) in [5.41, 5.74) is -0.307. The summed E-state index contributed by atoms with van der Waals surface area (Å²) < 4.78 is 13.1. The van der Waals surface area contributed by atoms with Crippen LogP contribution in [0.5, 0.6) is 0 Å². The monoisotopic (exact) mass is 287 g/mol. The lowest BCUT2D eigenvalue weighted by molar-refractivity contribution is 0.0244. The number of nitrogens with zero attached hydrogens (tertiary/aromatic N) is 2. The first-order chi connectivity index (χ1) is 8.92. The molecule has 1 heterocycles. The number of hydrogen-bond acceptors (Lipinski definition) is 1. The highest BCUT2D eigenvalue weighted by Gasteiger charge is 2.57. The van der Waals surface area contributed by atoms with Gasteiger partial charge in [-0.25, -0.2) is 4.99 Å². The number of aliphatic imine (C=N–C) groups is 1. The molecule has 3 nitrogen and oxygen atoms in total. The van der Waals surface area contributed by atoms with E-state index in [0.29, 0.717) is 6.04 Å². The third kappa shape index (κ3) is 2.28. The van der Waals surface area contributed by atoms with Gasteiger partial charge in [-0.1, -0.05) is 26.7 Å². The molecule has 1 aliphatic carbocycles. The Morgan fingerprint density at radius 2 is 2.16 bits per heavy atom. The van der Waals surface area contributed by atoms with Crippen LogP contribution in [0.4, 0.5) is 4.39 Å². The van der Waals surface area contributed by atoms with Crippen molar-refractivity contribution in [3.63, 3.8) is 0 Å². The zero-order valence-electron chi connectivity index (χ0n) is 11.9. The molecule has 108 valence electrons. The molecule has 0 spiro atoms. The summed E-state index contributed by atoms with van der Waals surface area (Å²) in [5, 5.41) is 7.21. The number of likely N-dealkylation sites (tertiary alicyclic amines) is 1. The Morgan fingerprint density at radius 1 is 1.58 bits per heavy atom. The van der Waals surface area contributed by atoms with Gasteiger partial charge < -0.3 is 4.90 Å². The number of nitrogens with one attached hydrogen (secondary N) is 1. The quantitative estimate of drug-likeness (QED) is 0.478. The molecule has 1 N–H and O–H groups in total. The predicted molar refractivity (Wildman–Crippen MR) is 77.8 cm³/mol. The zero-order valence-corrected chi connectivity index (χ0v) is 12.7. The molecule has 1 saturated heterocycles. The van der Waals surface area contributed by atoms with Crippen LogP contribution < -0.4 is 0 Å². The SMILES string of the molecule is CC1N(C2CCCC2)/C(=N/C(=N)Cl)[C@@]1(C)[C@@H](C)CF. The van der Waals surface area contributed by atoms with Crippen molar-refractivity contribution in [1.29, 1.82) is 5.41 Å². The van der Waals surface area contributed by atoms with Crippen LogP contribution in [-0.4, -0.2) is 34.8 Å². The Balaban J connectivity index is 2.29. The van der Waals surface area contributed by atoms with Gasteiger partial charge in [0.25, 0.3) is 0 Å². The zero-order chi connectivity index (χ0) is 14.2. The highest BCUT2D eigenvalue weighted by Crippen LogP contribution is 2.49. The summed E-state index contributed by atoms with van der Waals surface area (Å²) in [6, 6.07) is 0.751. The number of halogens is 2. The Labute approximate surface area is 119 Å². The molecule has 0 bridgehead atoms. The van der Waals surface area contributed by atoms with E-state index in [1.807, 2.05) is 13.8 Å². The van der Waals surface area contributed by atoms with Crippen molar-refractivity contribution in [1.82, 2.24) is 4.90 Å².